The molecule has 0 saturated carbocycles. The van der Waals surface area contributed by atoms with Crippen LogP contribution in [0.1, 0.15) is 49.4 Å². The third kappa shape index (κ3) is 3.17. The molecule has 0 amide bonds. The molecule has 2 atom stereocenters. The van der Waals surface area contributed by atoms with Gasteiger partial charge in [-0.1, -0.05) is 0 Å². The maximum Gasteiger partial charge on any atom is 0.142 e. The fraction of sp³-hybridized carbons (Fsp3) is 0.364. The van der Waals surface area contributed by atoms with Crippen molar-refractivity contribution in [3.63, 3.8) is 0 Å². The van der Waals surface area contributed by atoms with Crippen molar-refractivity contribution < 1.29 is 0 Å². The van der Waals surface area contributed by atoms with E-state index in [0.29, 0.717) is 12.1 Å². The van der Waals surface area contributed by atoms with Crippen molar-refractivity contribution in [1.29, 1.82) is 0 Å². The Morgan fingerprint density at radius 2 is 1.22 bits per heavy atom. The van der Waals surface area contributed by atoms with Crippen molar-refractivity contribution in [2.45, 2.75) is 37.8 Å². The quantitative estimate of drug-likeness (QED) is 0.312. The van der Waals surface area contributed by atoms with Crippen molar-refractivity contribution in [2.75, 3.05) is 13.1 Å². The molecule has 2 fully saturated rings. The summed E-state index contributed by atoms with van der Waals surface area (Å²) in [6.45, 7) is 2.12. The van der Waals surface area contributed by atoms with Crippen LogP contribution in [0.4, 0.5) is 0 Å². The Balaban J connectivity index is 1.20. The van der Waals surface area contributed by atoms with Gasteiger partial charge in [-0.3, -0.25) is 0 Å². The molecule has 6 heterocycles. The predicted octanol–water partition coefficient (Wildman–Crippen LogP) is 4.54. The summed E-state index contributed by atoms with van der Waals surface area (Å²) in [5.74, 6) is 2.02. The minimum Gasteiger partial charge on any atom is -0.339 e. The van der Waals surface area contributed by atoms with Gasteiger partial charge in [0.1, 0.15) is 21.7 Å². The van der Waals surface area contributed by atoms with E-state index in [0.717, 1.165) is 79.4 Å². The minimum absolute atomic E-state index is 0.332. The summed E-state index contributed by atoms with van der Waals surface area (Å²) in [5.41, 5.74) is 3.97. The zero-order chi connectivity index (χ0) is 21.1. The normalized spacial score (nSPS) is 21.4. The lowest BCUT2D eigenvalue weighted by Crippen LogP contribution is -2.14. The summed E-state index contributed by atoms with van der Waals surface area (Å²) in [7, 11) is 0. The first-order chi connectivity index (χ1) is 15.8. The van der Waals surface area contributed by atoms with Gasteiger partial charge in [0.25, 0.3) is 0 Å². The highest BCUT2D eigenvalue weighted by atomic mass is 32.1. The molecule has 1 aromatic carbocycles. The summed E-state index contributed by atoms with van der Waals surface area (Å²) >= 11 is 3.36. The maximum absolute atomic E-state index is 4.89. The number of hydrogen-bond acceptors (Lipinski definition) is 8. The average Bonchev–Trinajstić information content (AvgIpc) is 3.65. The summed E-state index contributed by atoms with van der Waals surface area (Å²) in [6.07, 6.45) is 8.47. The van der Waals surface area contributed by atoms with Crippen LogP contribution in [0.3, 0.4) is 0 Å². The number of rotatable bonds is 4. The molecule has 2 aliphatic rings. The number of nitrogens with zero attached hydrogens (tertiary/aromatic N) is 4. The molecule has 5 aromatic rings. The number of aromatic amines is 2. The third-order valence-electron chi connectivity index (χ3n) is 6.33. The minimum atomic E-state index is 0.332. The molecule has 0 radical (unpaired) electrons. The maximum atomic E-state index is 4.89. The van der Waals surface area contributed by atoms with E-state index < -0.39 is 0 Å². The van der Waals surface area contributed by atoms with Crippen LogP contribution < -0.4 is 10.6 Å². The molecule has 4 aromatic heterocycles. The number of benzene rings is 1. The van der Waals surface area contributed by atoms with Crippen LogP contribution in [0.2, 0.25) is 0 Å². The van der Waals surface area contributed by atoms with Gasteiger partial charge in [0.15, 0.2) is 0 Å². The summed E-state index contributed by atoms with van der Waals surface area (Å²) in [6, 6.07) is 4.96. The molecule has 2 aliphatic heterocycles. The van der Waals surface area contributed by atoms with Crippen LogP contribution in [0.25, 0.3) is 41.8 Å². The van der Waals surface area contributed by atoms with Gasteiger partial charge in [-0.2, -0.15) is 0 Å². The van der Waals surface area contributed by atoms with E-state index in [1.807, 2.05) is 12.4 Å². The monoisotopic (exact) mass is 462 g/mol. The van der Waals surface area contributed by atoms with Gasteiger partial charge in [0.05, 0.1) is 56.3 Å². The number of thiazole rings is 2. The molecule has 4 N–H and O–H groups in total. The van der Waals surface area contributed by atoms with E-state index >= 15 is 0 Å². The Labute approximate surface area is 191 Å². The van der Waals surface area contributed by atoms with Crippen molar-refractivity contribution >= 4 is 43.1 Å². The molecule has 0 aliphatic carbocycles. The van der Waals surface area contributed by atoms with Gasteiger partial charge in [0, 0.05) is 0 Å². The molecule has 10 heteroatoms. The second-order valence-corrected chi connectivity index (χ2v) is 10.5. The van der Waals surface area contributed by atoms with Gasteiger partial charge in [-0.25, -0.2) is 19.9 Å². The third-order valence-corrected chi connectivity index (χ3v) is 8.43. The molecule has 2 saturated heterocycles. The first kappa shape index (κ1) is 18.9. The lowest BCUT2D eigenvalue weighted by Gasteiger charge is -2.04. The van der Waals surface area contributed by atoms with Crippen LogP contribution in [0.15, 0.2) is 24.5 Å². The Kier molecular flexibility index (Phi) is 4.39. The molecule has 2 unspecified atom stereocenters. The summed E-state index contributed by atoms with van der Waals surface area (Å²) < 4.78 is 2.28. The lowest BCUT2D eigenvalue weighted by molar-refractivity contribution is 0.613. The highest BCUT2D eigenvalue weighted by Crippen LogP contribution is 2.37. The largest absolute Gasteiger partial charge is 0.339 e. The first-order valence-corrected chi connectivity index (χ1v) is 12.7. The lowest BCUT2D eigenvalue weighted by atomic mass is 10.2. The molecule has 32 heavy (non-hydrogen) atoms. The fourth-order valence-corrected chi connectivity index (χ4v) is 6.55. The molecular weight excluding hydrogens is 440 g/mol. The summed E-state index contributed by atoms with van der Waals surface area (Å²) in [4.78, 5) is 25.9. The van der Waals surface area contributed by atoms with Crippen molar-refractivity contribution in [3.05, 3.63) is 36.2 Å². The van der Waals surface area contributed by atoms with Gasteiger partial charge in [-0.05, 0) is 50.9 Å². The van der Waals surface area contributed by atoms with Gasteiger partial charge < -0.3 is 20.6 Å². The van der Waals surface area contributed by atoms with Gasteiger partial charge >= 0.3 is 0 Å². The molecule has 7 rings (SSSR count). The van der Waals surface area contributed by atoms with E-state index in [1.54, 1.807) is 22.7 Å². The second-order valence-electron chi connectivity index (χ2n) is 8.49. The molecule has 162 valence electrons. The second kappa shape index (κ2) is 7.45. The van der Waals surface area contributed by atoms with Crippen LogP contribution in [0.5, 0.6) is 0 Å². The standard InChI is InChI=1S/C22H22N8S2/c1-3-11(23-5-1)19-25-9-15(27-19)21-29-13-7-18-14(8-17(13)31-21)30-22(32-18)16-10-26-20(28-16)12-4-2-6-24-12/h7-12,23-24H,1-6H2,(H,25,27)(H,26,28). The SMILES string of the molecule is c1nc(C2CCCN2)[nH]c1-c1nc2cc3sc(-c4cnc(C5CCCN5)[nH]4)nc3cc2s1. The molecule has 0 spiro atoms. The van der Waals surface area contributed by atoms with Crippen molar-refractivity contribution in [1.82, 2.24) is 40.5 Å². The predicted molar refractivity (Wildman–Crippen MR) is 128 cm³/mol. The number of nitrogens with one attached hydrogen (secondary N) is 4. The first-order valence-electron chi connectivity index (χ1n) is 11.1. The number of aromatic nitrogens is 6. The molecule has 8 nitrogen and oxygen atoms in total. The topological polar surface area (TPSA) is 107 Å². The Bertz CT molecular complexity index is 1260. The van der Waals surface area contributed by atoms with E-state index in [9.17, 15) is 0 Å². The zero-order valence-corrected chi connectivity index (χ0v) is 18.9. The average molecular weight is 463 g/mol. The summed E-state index contributed by atoms with van der Waals surface area (Å²) in [5, 5.41) is 8.92. The van der Waals surface area contributed by atoms with E-state index in [1.165, 1.54) is 12.8 Å². The Morgan fingerprint density at radius 1 is 0.719 bits per heavy atom. The Hall–Kier alpha value is -2.66. The fourth-order valence-electron chi connectivity index (χ4n) is 4.66. The number of fused-ring (bicyclic) bond motifs is 2. The zero-order valence-electron chi connectivity index (χ0n) is 17.3. The number of hydrogen-bond donors (Lipinski definition) is 4. The van der Waals surface area contributed by atoms with Crippen LogP contribution in [-0.4, -0.2) is 43.0 Å². The van der Waals surface area contributed by atoms with E-state index in [2.05, 4.69) is 42.7 Å². The highest BCUT2D eigenvalue weighted by Gasteiger charge is 2.22. The van der Waals surface area contributed by atoms with Crippen molar-refractivity contribution in [2.24, 2.45) is 0 Å². The number of imidazole rings is 2. The van der Waals surface area contributed by atoms with Crippen molar-refractivity contribution in [3.8, 4) is 21.4 Å². The van der Waals surface area contributed by atoms with Gasteiger partial charge in [-0.15, -0.1) is 22.7 Å². The Morgan fingerprint density at radius 3 is 1.66 bits per heavy atom. The van der Waals surface area contributed by atoms with Gasteiger partial charge in [0.2, 0.25) is 0 Å². The van der Waals surface area contributed by atoms with Crippen LogP contribution >= 0.6 is 22.7 Å². The van der Waals surface area contributed by atoms with Crippen LogP contribution in [0, 0.1) is 0 Å². The molecular formula is C22H22N8S2. The molecule has 0 bridgehead atoms. The van der Waals surface area contributed by atoms with E-state index in [4.69, 9.17) is 9.97 Å². The smallest absolute Gasteiger partial charge is 0.142 e. The number of H-pyrrole nitrogens is 2. The van der Waals surface area contributed by atoms with Crippen LogP contribution in [-0.2, 0) is 0 Å². The van der Waals surface area contributed by atoms with E-state index in [-0.39, 0.29) is 0 Å². The highest BCUT2D eigenvalue weighted by molar-refractivity contribution is 7.23.